The van der Waals surface area contributed by atoms with E-state index in [1.165, 1.54) is 44.1 Å². The van der Waals surface area contributed by atoms with Crippen LogP contribution in [-0.2, 0) is 19.0 Å². The van der Waals surface area contributed by atoms with Gasteiger partial charge in [-0.3, -0.25) is 4.79 Å². The van der Waals surface area contributed by atoms with Gasteiger partial charge in [-0.15, -0.1) is 0 Å². The summed E-state index contributed by atoms with van der Waals surface area (Å²) in [4.78, 5) is 12.0. The molecule has 6 heteroatoms. The van der Waals surface area contributed by atoms with Gasteiger partial charge in [-0.2, -0.15) is 0 Å². The lowest BCUT2D eigenvalue weighted by atomic mass is 9.32. The Hall–Kier alpha value is -0.950. The first-order valence-electron chi connectivity index (χ1n) is 18.0. The molecule has 2 N–H and O–H groups in total. The summed E-state index contributed by atoms with van der Waals surface area (Å²) in [6, 6.07) is 0. The van der Waals surface area contributed by atoms with Crippen molar-refractivity contribution in [3.8, 4) is 0 Å². The molecule has 6 aliphatic rings. The molecule has 0 radical (unpaired) electrons. The fourth-order valence-electron chi connectivity index (χ4n) is 13.3. The highest BCUT2D eigenvalue weighted by molar-refractivity contribution is 5.65. The third-order valence-corrected chi connectivity index (χ3v) is 15.7. The van der Waals surface area contributed by atoms with Crippen LogP contribution >= 0.6 is 0 Å². The van der Waals surface area contributed by atoms with Crippen molar-refractivity contribution in [2.24, 2.45) is 56.7 Å². The molecule has 1 heterocycles. The molecular weight excluding hydrogens is 552 g/mol. The van der Waals surface area contributed by atoms with Gasteiger partial charge < -0.3 is 24.4 Å². The average molecular weight is 615 g/mol. The minimum Gasteiger partial charge on any atom is -0.465 e. The van der Waals surface area contributed by atoms with Crippen LogP contribution in [0.4, 0.5) is 0 Å². The number of ether oxygens (including phenoxy) is 3. The highest BCUT2D eigenvalue weighted by Crippen LogP contribution is 2.77. The van der Waals surface area contributed by atoms with E-state index in [4.69, 9.17) is 14.2 Å². The molecule has 1 saturated heterocycles. The predicted octanol–water partition coefficient (Wildman–Crippen LogP) is 7.45. The number of allylic oxidation sites excluding steroid dienone is 1. The molecule has 1 unspecified atom stereocenters. The second-order valence-corrected chi connectivity index (χ2v) is 17.9. The first-order valence-corrected chi connectivity index (χ1v) is 18.0. The largest absolute Gasteiger partial charge is 0.465 e. The number of fused-ring (bicyclic) bond motifs is 7. The molecule has 0 amide bonds. The summed E-state index contributed by atoms with van der Waals surface area (Å²) in [5.41, 5.74) is 2.18. The van der Waals surface area contributed by atoms with Gasteiger partial charge in [0, 0.05) is 18.8 Å². The fraction of sp³-hybridized carbons (Fsp3) is 0.921. The summed E-state index contributed by atoms with van der Waals surface area (Å²) in [5, 5.41) is 20.6. The van der Waals surface area contributed by atoms with E-state index in [1.807, 2.05) is 6.92 Å². The van der Waals surface area contributed by atoms with Crippen molar-refractivity contribution in [3.63, 3.8) is 0 Å². The van der Waals surface area contributed by atoms with Crippen molar-refractivity contribution in [2.45, 2.75) is 157 Å². The van der Waals surface area contributed by atoms with E-state index in [9.17, 15) is 15.0 Å². The molecule has 44 heavy (non-hydrogen) atoms. The molecule has 0 aromatic rings. The van der Waals surface area contributed by atoms with Crippen molar-refractivity contribution in [1.82, 2.24) is 0 Å². The first kappa shape index (κ1) is 33.0. The van der Waals surface area contributed by atoms with Crippen LogP contribution in [0.25, 0.3) is 0 Å². The topological polar surface area (TPSA) is 85.2 Å². The maximum absolute atomic E-state index is 12.0. The Morgan fingerprint density at radius 1 is 0.886 bits per heavy atom. The molecule has 14 atom stereocenters. The van der Waals surface area contributed by atoms with Gasteiger partial charge >= 0.3 is 5.97 Å². The molecule has 6 fully saturated rings. The van der Waals surface area contributed by atoms with E-state index in [2.05, 4.69) is 48.1 Å². The van der Waals surface area contributed by atoms with Gasteiger partial charge in [-0.1, -0.05) is 46.8 Å². The Labute approximate surface area is 267 Å². The third kappa shape index (κ3) is 4.72. The van der Waals surface area contributed by atoms with Gasteiger partial charge in [0.15, 0.2) is 6.29 Å². The number of carbonyl (C=O) groups is 1. The van der Waals surface area contributed by atoms with Crippen molar-refractivity contribution in [3.05, 3.63) is 12.2 Å². The maximum atomic E-state index is 12.0. The first-order chi connectivity index (χ1) is 20.5. The van der Waals surface area contributed by atoms with E-state index in [0.717, 1.165) is 25.7 Å². The van der Waals surface area contributed by atoms with Gasteiger partial charge in [0.05, 0.1) is 24.9 Å². The van der Waals surface area contributed by atoms with E-state index in [1.54, 1.807) is 6.92 Å². The highest BCUT2D eigenvalue weighted by atomic mass is 16.7. The lowest BCUT2D eigenvalue weighted by molar-refractivity contribution is -0.297. The van der Waals surface area contributed by atoms with Gasteiger partial charge in [0.25, 0.3) is 0 Å². The van der Waals surface area contributed by atoms with Crippen LogP contribution in [0, 0.1) is 56.7 Å². The number of carbonyl (C=O) groups excluding carboxylic acids is 1. The number of aliphatic hydroxyl groups excluding tert-OH is 2. The zero-order valence-corrected chi connectivity index (χ0v) is 29.0. The molecule has 250 valence electrons. The molecule has 6 rings (SSSR count). The number of esters is 1. The normalized spacial score (nSPS) is 53.0. The van der Waals surface area contributed by atoms with Crippen molar-refractivity contribution >= 4 is 5.97 Å². The van der Waals surface area contributed by atoms with Crippen LogP contribution < -0.4 is 0 Å². The van der Waals surface area contributed by atoms with Crippen LogP contribution in [-0.4, -0.2) is 53.5 Å². The smallest absolute Gasteiger partial charge is 0.302 e. The molecule has 0 aromatic heterocycles. The average Bonchev–Trinajstić information content (AvgIpc) is 3.33. The van der Waals surface area contributed by atoms with Crippen LogP contribution in [0.5, 0.6) is 0 Å². The Morgan fingerprint density at radius 2 is 1.61 bits per heavy atom. The second kappa shape index (κ2) is 11.1. The summed E-state index contributed by atoms with van der Waals surface area (Å²) in [7, 11) is 0. The monoisotopic (exact) mass is 614 g/mol. The predicted molar refractivity (Wildman–Crippen MR) is 171 cm³/mol. The number of hydrogen-bond acceptors (Lipinski definition) is 6. The third-order valence-electron chi connectivity index (χ3n) is 15.7. The Kier molecular flexibility index (Phi) is 8.29. The van der Waals surface area contributed by atoms with Gasteiger partial charge in [-0.05, 0) is 129 Å². The Morgan fingerprint density at radius 3 is 2.27 bits per heavy atom. The van der Waals surface area contributed by atoms with Crippen LogP contribution in [0.2, 0.25) is 0 Å². The van der Waals surface area contributed by atoms with E-state index in [0.29, 0.717) is 42.6 Å². The van der Waals surface area contributed by atoms with E-state index < -0.39 is 24.6 Å². The lowest BCUT2D eigenvalue weighted by Gasteiger charge is -2.73. The number of aliphatic hydroxyl groups is 2. The summed E-state index contributed by atoms with van der Waals surface area (Å²) in [5.74, 6) is 2.80. The standard InChI is InChI=1S/C38H62O6/c1-22(2)25-12-17-38(21-42-24(4)39)19-18-36(8)26(32(25)38)10-11-29-35(7)15-14-30(34(5,6)28(35)13-16-37(29,36)9)44-31-20-27(40)33(41)23(3)43-31/h23,25-33,40-41H,1,10-21H2,2-9H3/t23-,25-,26+,27-,28-,29?,30+,31-,32+,33-,35-,36+,37+,38+/m0/s1. The highest BCUT2D eigenvalue weighted by Gasteiger charge is 2.71. The molecule has 6 nitrogen and oxygen atoms in total. The minimum absolute atomic E-state index is 0.0120. The van der Waals surface area contributed by atoms with Crippen LogP contribution in [0.1, 0.15) is 126 Å². The Balaban J connectivity index is 1.26. The zero-order valence-electron chi connectivity index (χ0n) is 29.0. The molecule has 5 aliphatic carbocycles. The van der Waals surface area contributed by atoms with Crippen LogP contribution in [0.15, 0.2) is 12.2 Å². The second-order valence-electron chi connectivity index (χ2n) is 17.9. The Bertz CT molecular complexity index is 1120. The fourth-order valence-corrected chi connectivity index (χ4v) is 13.3. The van der Waals surface area contributed by atoms with E-state index >= 15 is 0 Å². The van der Waals surface area contributed by atoms with Crippen molar-refractivity contribution < 1.29 is 29.2 Å². The molecule has 1 aliphatic heterocycles. The number of hydrogen-bond donors (Lipinski definition) is 2. The van der Waals surface area contributed by atoms with Gasteiger partial charge in [-0.25, -0.2) is 0 Å². The van der Waals surface area contributed by atoms with Crippen molar-refractivity contribution in [2.75, 3.05) is 6.61 Å². The molecular formula is C38H62O6. The quantitative estimate of drug-likeness (QED) is 0.190. The molecule has 5 saturated carbocycles. The number of rotatable bonds is 5. The minimum atomic E-state index is -0.855. The molecule has 0 aromatic carbocycles. The molecule has 0 bridgehead atoms. The SMILES string of the molecule is C=C(C)[C@@H]1CC[C@]2(COC(C)=O)CC[C@]3(C)[C@H](CCC4[C@@]5(C)CC[C@@H](O[C@H]6C[C@H](O)[C@@H](O)[C@H](C)O6)C(C)(C)[C@@H]5CC[C@]43C)[C@@H]12. The van der Waals surface area contributed by atoms with Gasteiger partial charge in [0.1, 0.15) is 6.10 Å². The van der Waals surface area contributed by atoms with Gasteiger partial charge in [0.2, 0.25) is 0 Å². The van der Waals surface area contributed by atoms with Crippen LogP contribution in [0.3, 0.4) is 0 Å². The maximum Gasteiger partial charge on any atom is 0.302 e. The zero-order chi connectivity index (χ0) is 32.0. The summed E-state index contributed by atoms with van der Waals surface area (Å²) < 4.78 is 18.6. The molecule has 0 spiro atoms. The summed E-state index contributed by atoms with van der Waals surface area (Å²) in [6.07, 6.45) is 9.75. The summed E-state index contributed by atoms with van der Waals surface area (Å²) >= 11 is 0. The summed E-state index contributed by atoms with van der Waals surface area (Å²) in [6.45, 7) is 23.5. The van der Waals surface area contributed by atoms with E-state index in [-0.39, 0.29) is 39.1 Å². The van der Waals surface area contributed by atoms with Crippen molar-refractivity contribution in [1.29, 1.82) is 0 Å². The lowest BCUT2D eigenvalue weighted by Crippen LogP contribution is -2.67.